The summed E-state index contributed by atoms with van der Waals surface area (Å²) in [5.41, 5.74) is 5.93. The third-order valence-corrected chi connectivity index (χ3v) is 9.60. The molecule has 0 spiro atoms. The molecule has 2 saturated heterocycles. The van der Waals surface area contributed by atoms with Gasteiger partial charge < -0.3 is 5.73 Å². The highest BCUT2D eigenvalue weighted by Gasteiger charge is 2.40. The van der Waals surface area contributed by atoms with Crippen molar-refractivity contribution >= 4 is 58.7 Å². The minimum Gasteiger partial charge on any atom is -0.321 e. The van der Waals surface area contributed by atoms with Gasteiger partial charge in [-0.2, -0.15) is 0 Å². The van der Waals surface area contributed by atoms with Gasteiger partial charge in [-0.25, -0.2) is 0 Å². The van der Waals surface area contributed by atoms with Crippen molar-refractivity contribution in [3.63, 3.8) is 0 Å². The number of likely N-dealkylation sites (tertiary alicyclic amines) is 2. The Hall–Kier alpha value is -1.72. The van der Waals surface area contributed by atoms with Gasteiger partial charge in [-0.15, -0.1) is 23.5 Å². The third kappa shape index (κ3) is 8.91. The zero-order valence-electron chi connectivity index (χ0n) is 23.3. The monoisotopic (exact) mass is 569 g/mol. The molecule has 0 aromatic heterocycles. The molecule has 0 aliphatic carbocycles. The first-order valence-corrected chi connectivity index (χ1v) is 15.7. The maximum absolute atomic E-state index is 12.8. The van der Waals surface area contributed by atoms with Gasteiger partial charge in [0.1, 0.15) is 5.78 Å². The minimum atomic E-state index is -0.648. The largest absolute Gasteiger partial charge is 0.321 e. The lowest BCUT2D eigenvalue weighted by atomic mass is 9.94. The second-order valence-electron chi connectivity index (χ2n) is 10.8. The molecular formula is C27H43N3O6S2. The maximum atomic E-state index is 12.8. The Bertz CT molecular complexity index is 911. The number of imide groups is 2. The molecule has 5 atom stereocenters. The summed E-state index contributed by atoms with van der Waals surface area (Å²) in [5, 5.41) is -0.893. The first-order chi connectivity index (χ1) is 17.9. The average molecular weight is 570 g/mol. The highest BCUT2D eigenvalue weighted by Crippen LogP contribution is 2.29. The normalized spacial score (nSPS) is 22.5. The van der Waals surface area contributed by atoms with Gasteiger partial charge in [0.15, 0.2) is 5.78 Å². The van der Waals surface area contributed by atoms with E-state index in [1.165, 1.54) is 33.3 Å². The maximum Gasteiger partial charge on any atom is 0.242 e. The van der Waals surface area contributed by atoms with E-state index >= 15 is 0 Å². The number of carbonyl (C=O) groups is 6. The van der Waals surface area contributed by atoms with Gasteiger partial charge >= 0.3 is 0 Å². The highest BCUT2D eigenvalue weighted by molar-refractivity contribution is 8.00. The Morgan fingerprint density at radius 1 is 0.921 bits per heavy atom. The number of carbonyl (C=O) groups excluding carboxylic acids is 6. The summed E-state index contributed by atoms with van der Waals surface area (Å²) < 4.78 is 0. The zero-order valence-corrected chi connectivity index (χ0v) is 24.9. The molecule has 0 radical (unpaired) electrons. The Labute approximate surface area is 234 Å². The molecule has 11 heteroatoms. The molecule has 2 rings (SSSR count). The molecule has 9 nitrogen and oxygen atoms in total. The molecule has 38 heavy (non-hydrogen) atoms. The quantitative estimate of drug-likeness (QED) is 0.262. The lowest BCUT2D eigenvalue weighted by Gasteiger charge is -2.21. The van der Waals surface area contributed by atoms with Crippen LogP contribution in [0.4, 0.5) is 0 Å². The molecule has 4 unspecified atom stereocenters. The Morgan fingerprint density at radius 2 is 1.50 bits per heavy atom. The molecule has 2 fully saturated rings. The Kier molecular flexibility index (Phi) is 13.0. The van der Waals surface area contributed by atoms with Crippen LogP contribution in [0.15, 0.2) is 0 Å². The fourth-order valence-electron chi connectivity index (χ4n) is 4.59. The van der Waals surface area contributed by atoms with Gasteiger partial charge in [0.05, 0.1) is 16.5 Å². The van der Waals surface area contributed by atoms with Crippen LogP contribution >= 0.6 is 23.5 Å². The van der Waals surface area contributed by atoms with Crippen molar-refractivity contribution in [2.75, 3.05) is 24.6 Å². The van der Waals surface area contributed by atoms with Crippen LogP contribution in [0.5, 0.6) is 0 Å². The Morgan fingerprint density at radius 3 is 2.11 bits per heavy atom. The van der Waals surface area contributed by atoms with Gasteiger partial charge in [-0.05, 0) is 25.2 Å². The first-order valence-electron chi connectivity index (χ1n) is 13.6. The molecule has 2 heterocycles. The molecular weight excluding hydrogens is 526 g/mol. The van der Waals surface area contributed by atoms with Crippen molar-refractivity contribution in [3.05, 3.63) is 0 Å². The van der Waals surface area contributed by atoms with Crippen molar-refractivity contribution in [2.45, 2.75) is 89.7 Å². The summed E-state index contributed by atoms with van der Waals surface area (Å²) in [6, 6.07) is -0.648. The van der Waals surface area contributed by atoms with Gasteiger partial charge in [-0.1, -0.05) is 34.6 Å². The van der Waals surface area contributed by atoms with Crippen molar-refractivity contribution in [1.29, 1.82) is 0 Å². The molecule has 2 aliphatic rings. The predicted octanol–water partition coefficient (Wildman–Crippen LogP) is 2.68. The molecule has 4 amide bonds. The smallest absolute Gasteiger partial charge is 0.242 e. The number of nitrogens with zero attached hydrogens (tertiary/aromatic N) is 2. The summed E-state index contributed by atoms with van der Waals surface area (Å²) in [6.07, 6.45) is 2.76. The van der Waals surface area contributed by atoms with Crippen LogP contribution < -0.4 is 5.73 Å². The SMILES string of the molecule is CCCN1C(=O)CC(SCCC(=O)C(C)CCC(C)CN2C(=O)CC(SC[C@@H](N)C(=O)C(C)C)C2=O)C1=O. The van der Waals surface area contributed by atoms with E-state index in [1.807, 2.05) is 20.8 Å². The van der Waals surface area contributed by atoms with Crippen LogP contribution in [0.1, 0.15) is 73.1 Å². The summed E-state index contributed by atoms with van der Waals surface area (Å²) in [7, 11) is 0. The molecule has 0 saturated carbocycles. The number of rotatable bonds is 17. The van der Waals surface area contributed by atoms with Gasteiger partial charge in [0.25, 0.3) is 0 Å². The summed E-state index contributed by atoms with van der Waals surface area (Å²) >= 11 is 2.66. The van der Waals surface area contributed by atoms with Crippen LogP contribution in [-0.4, -0.2) is 86.1 Å². The second kappa shape index (κ2) is 15.2. The van der Waals surface area contributed by atoms with E-state index in [2.05, 4.69) is 0 Å². The number of ketones is 2. The van der Waals surface area contributed by atoms with Gasteiger partial charge in [0.2, 0.25) is 23.6 Å². The molecule has 214 valence electrons. The van der Waals surface area contributed by atoms with Crippen molar-refractivity contribution in [3.8, 4) is 0 Å². The lowest BCUT2D eigenvalue weighted by Crippen LogP contribution is -2.38. The van der Waals surface area contributed by atoms with E-state index < -0.39 is 11.3 Å². The number of Topliss-reactive ketones (excluding diaryl/α,β-unsaturated/α-hetero) is 2. The first kappa shape index (κ1) is 32.5. The fraction of sp³-hybridized carbons (Fsp3) is 0.778. The third-order valence-electron chi connectivity index (χ3n) is 7.07. The number of amides is 4. The van der Waals surface area contributed by atoms with Gasteiger partial charge in [0, 0.05) is 55.7 Å². The molecule has 0 aromatic rings. The number of thioether (sulfide) groups is 2. The van der Waals surface area contributed by atoms with Crippen LogP contribution in [0.3, 0.4) is 0 Å². The number of hydrogen-bond donors (Lipinski definition) is 1. The highest BCUT2D eigenvalue weighted by atomic mass is 32.2. The van der Waals surface area contributed by atoms with Crippen LogP contribution in [0.2, 0.25) is 0 Å². The fourth-order valence-corrected chi connectivity index (χ4v) is 6.86. The predicted molar refractivity (Wildman–Crippen MR) is 150 cm³/mol. The van der Waals surface area contributed by atoms with E-state index in [0.717, 1.165) is 6.42 Å². The second-order valence-corrected chi connectivity index (χ2v) is 13.3. The topological polar surface area (TPSA) is 135 Å². The molecule has 0 aromatic carbocycles. The van der Waals surface area contributed by atoms with Crippen LogP contribution in [0.25, 0.3) is 0 Å². The molecule has 0 bridgehead atoms. The summed E-state index contributed by atoms with van der Waals surface area (Å²) in [4.78, 5) is 76.9. The Balaban J connectivity index is 1.70. The standard InChI is InChI=1S/C27H43N3O6S2/c1-6-10-29-23(32)12-21(26(29)35)37-11-9-20(31)18(5)8-7-17(4)14-30-24(33)13-22(27(30)36)38-15-19(28)25(34)16(2)3/h16-19,21-22H,6-15,28H2,1-5H3/t17?,18?,19-,21?,22?/m1/s1. The van der Waals surface area contributed by atoms with E-state index in [4.69, 9.17) is 5.73 Å². The number of nitrogens with two attached hydrogens (primary N) is 1. The number of hydrogen-bond acceptors (Lipinski definition) is 9. The van der Waals surface area contributed by atoms with Crippen molar-refractivity contribution in [2.24, 2.45) is 23.5 Å². The van der Waals surface area contributed by atoms with Crippen LogP contribution in [0, 0.1) is 17.8 Å². The van der Waals surface area contributed by atoms with E-state index in [-0.39, 0.29) is 71.0 Å². The molecule has 2 aliphatic heterocycles. The summed E-state index contributed by atoms with van der Waals surface area (Å²) in [5.74, 6) is -0.118. The lowest BCUT2D eigenvalue weighted by molar-refractivity contribution is -0.140. The van der Waals surface area contributed by atoms with E-state index in [9.17, 15) is 28.8 Å². The minimum absolute atomic E-state index is 0.0488. The van der Waals surface area contributed by atoms with Crippen LogP contribution in [-0.2, 0) is 28.8 Å². The average Bonchev–Trinajstić information content (AvgIpc) is 3.29. The van der Waals surface area contributed by atoms with Crippen molar-refractivity contribution < 1.29 is 28.8 Å². The molecule has 2 N–H and O–H groups in total. The summed E-state index contributed by atoms with van der Waals surface area (Å²) in [6.45, 7) is 10.1. The van der Waals surface area contributed by atoms with E-state index in [0.29, 0.717) is 43.9 Å². The van der Waals surface area contributed by atoms with Gasteiger partial charge in [-0.3, -0.25) is 38.6 Å². The zero-order chi connectivity index (χ0) is 28.6. The van der Waals surface area contributed by atoms with Crippen molar-refractivity contribution in [1.82, 2.24) is 9.80 Å². The van der Waals surface area contributed by atoms with E-state index in [1.54, 1.807) is 13.8 Å².